The molecule has 1 unspecified atom stereocenters. The van der Waals surface area contributed by atoms with Crippen molar-refractivity contribution >= 4 is 28.1 Å². The summed E-state index contributed by atoms with van der Waals surface area (Å²) in [6.45, 7) is 3.70. The third kappa shape index (κ3) is 6.48. The molecule has 0 fully saturated rings. The van der Waals surface area contributed by atoms with Crippen LogP contribution < -0.4 is 4.90 Å². The minimum Gasteiger partial charge on any atom is -0.304 e. The first-order chi connectivity index (χ1) is 13.6. The third-order valence-electron chi connectivity index (χ3n) is 4.03. The van der Waals surface area contributed by atoms with Gasteiger partial charge in [-0.15, -0.1) is 0 Å². The van der Waals surface area contributed by atoms with E-state index in [2.05, 4.69) is 10.1 Å². The maximum Gasteiger partial charge on any atom is 0.389 e. The van der Waals surface area contributed by atoms with Crippen molar-refractivity contribution in [1.29, 1.82) is 5.41 Å². The number of hydrogen-bond acceptors (Lipinski definition) is 5. The monoisotopic (exact) mass is 429 g/mol. The molecule has 1 N–H and O–H groups in total. The van der Waals surface area contributed by atoms with Gasteiger partial charge in [-0.25, -0.2) is 4.68 Å². The Bertz CT molecular complexity index is 883. The molecule has 0 aliphatic rings. The topological polar surface area (TPSA) is 91.9 Å². The summed E-state index contributed by atoms with van der Waals surface area (Å²) >= 11 is 0. The second-order valence-electron chi connectivity index (χ2n) is 6.29. The maximum atomic E-state index is 12.7. The molecule has 2 heterocycles. The largest absolute Gasteiger partial charge is 0.389 e. The van der Waals surface area contributed by atoms with Crippen LogP contribution in [0.3, 0.4) is 0 Å². The molecule has 29 heavy (non-hydrogen) atoms. The van der Waals surface area contributed by atoms with Crippen LogP contribution in [-0.2, 0) is 15.6 Å². The van der Waals surface area contributed by atoms with E-state index in [9.17, 15) is 22.2 Å². The highest BCUT2D eigenvalue weighted by Gasteiger charge is 2.27. The Morgan fingerprint density at radius 1 is 1.38 bits per heavy atom. The molecule has 0 saturated carbocycles. The molecule has 0 spiro atoms. The minimum absolute atomic E-state index is 0.209. The molecular formula is C18H22F3N5O2S. The first-order valence-electron chi connectivity index (χ1n) is 8.90. The number of rotatable bonds is 9. The van der Waals surface area contributed by atoms with Gasteiger partial charge >= 0.3 is 6.18 Å². The lowest BCUT2D eigenvalue weighted by Crippen LogP contribution is -2.38. The van der Waals surface area contributed by atoms with Crippen molar-refractivity contribution in [2.45, 2.75) is 32.9 Å². The second-order valence-corrected chi connectivity index (χ2v) is 7.87. The van der Waals surface area contributed by atoms with Crippen molar-refractivity contribution in [2.24, 2.45) is 0 Å². The molecule has 0 radical (unpaired) electrons. The number of aromatic nitrogens is 3. The van der Waals surface area contributed by atoms with Gasteiger partial charge < -0.3 is 4.90 Å². The minimum atomic E-state index is -4.31. The van der Waals surface area contributed by atoms with E-state index in [1.54, 1.807) is 49.3 Å². The second kappa shape index (κ2) is 9.77. The Kier molecular flexibility index (Phi) is 7.66. The van der Waals surface area contributed by atoms with Gasteiger partial charge in [-0.05, 0) is 32.4 Å². The van der Waals surface area contributed by atoms with Crippen LogP contribution in [0.1, 0.15) is 25.5 Å². The highest BCUT2D eigenvalue weighted by Crippen LogP contribution is 2.22. The third-order valence-corrected chi connectivity index (χ3v) is 5.39. The molecule has 2 aromatic heterocycles. The van der Waals surface area contributed by atoms with Crippen molar-refractivity contribution < 1.29 is 22.2 Å². The fourth-order valence-corrected chi connectivity index (χ4v) is 3.71. The van der Waals surface area contributed by atoms with Crippen LogP contribution in [0.2, 0.25) is 0 Å². The molecule has 7 nitrogen and oxygen atoms in total. The van der Waals surface area contributed by atoms with Crippen LogP contribution >= 0.6 is 0 Å². The van der Waals surface area contributed by atoms with E-state index in [4.69, 9.17) is 5.41 Å². The van der Waals surface area contributed by atoms with Gasteiger partial charge in [-0.2, -0.15) is 18.3 Å². The fourth-order valence-electron chi connectivity index (χ4n) is 2.65. The first-order valence-corrected chi connectivity index (χ1v) is 10.4. The van der Waals surface area contributed by atoms with Gasteiger partial charge in [0.1, 0.15) is 5.71 Å². The van der Waals surface area contributed by atoms with Gasteiger partial charge in [0.25, 0.3) is 5.91 Å². The summed E-state index contributed by atoms with van der Waals surface area (Å²) in [6.07, 6.45) is -0.765. The van der Waals surface area contributed by atoms with E-state index in [-0.39, 0.29) is 24.5 Å². The number of hydrogen-bond donors (Lipinski definition) is 1. The number of amides is 1. The molecular weight excluding hydrogens is 407 g/mol. The Labute approximate surface area is 168 Å². The zero-order valence-electron chi connectivity index (χ0n) is 16.1. The molecule has 1 amide bonds. The predicted molar refractivity (Wildman–Crippen MR) is 105 cm³/mol. The molecule has 0 bridgehead atoms. The first kappa shape index (κ1) is 22.7. The predicted octanol–water partition coefficient (Wildman–Crippen LogP) is 3.04. The summed E-state index contributed by atoms with van der Waals surface area (Å²) in [5, 5.41) is 12.3. The highest BCUT2D eigenvalue weighted by molar-refractivity contribution is 7.85. The summed E-state index contributed by atoms with van der Waals surface area (Å²) < 4.78 is 50.1. The number of alkyl halides is 3. The molecule has 2 aromatic rings. The smallest absolute Gasteiger partial charge is 0.304 e. The normalized spacial score (nSPS) is 12.6. The Balaban J connectivity index is 2.05. The van der Waals surface area contributed by atoms with Crippen molar-refractivity contribution in [3.63, 3.8) is 0 Å². The number of nitrogens with zero attached hydrogens (tertiary/aromatic N) is 4. The van der Waals surface area contributed by atoms with Crippen LogP contribution in [0, 0.1) is 12.3 Å². The summed E-state index contributed by atoms with van der Waals surface area (Å²) in [6, 6.07) is 3.55. The van der Waals surface area contributed by atoms with Crippen LogP contribution in [-0.4, -0.2) is 54.8 Å². The van der Waals surface area contributed by atoms with Crippen LogP contribution in [0.5, 0.6) is 0 Å². The Hall–Kier alpha value is -2.56. The van der Waals surface area contributed by atoms with Crippen molar-refractivity contribution in [3.8, 4) is 5.69 Å². The molecule has 2 rings (SSSR count). The zero-order chi connectivity index (χ0) is 21.6. The molecule has 158 valence electrons. The van der Waals surface area contributed by atoms with Gasteiger partial charge in [0, 0.05) is 35.7 Å². The molecule has 0 aliphatic carbocycles. The lowest BCUT2D eigenvalue weighted by molar-refractivity contribution is -0.134. The number of anilines is 1. The number of nitrogens with one attached hydrogen (secondary N) is 1. The fraction of sp³-hybridized carbons (Fsp3) is 0.444. The van der Waals surface area contributed by atoms with Gasteiger partial charge in [-0.1, -0.05) is 0 Å². The highest BCUT2D eigenvalue weighted by atomic mass is 32.2. The van der Waals surface area contributed by atoms with E-state index < -0.39 is 35.0 Å². The van der Waals surface area contributed by atoms with E-state index in [1.807, 2.05) is 0 Å². The maximum absolute atomic E-state index is 12.7. The van der Waals surface area contributed by atoms with Gasteiger partial charge in [0.15, 0.2) is 0 Å². The van der Waals surface area contributed by atoms with E-state index >= 15 is 0 Å². The Morgan fingerprint density at radius 3 is 2.69 bits per heavy atom. The van der Waals surface area contributed by atoms with Crippen LogP contribution in [0.4, 0.5) is 18.9 Å². The number of pyridine rings is 1. The number of halogens is 3. The quantitative estimate of drug-likeness (QED) is 0.620. The van der Waals surface area contributed by atoms with E-state index in [0.29, 0.717) is 17.1 Å². The number of carbonyl (C=O) groups is 1. The molecule has 0 aromatic carbocycles. The van der Waals surface area contributed by atoms with Gasteiger partial charge in [-0.3, -0.25) is 19.4 Å². The molecule has 11 heteroatoms. The van der Waals surface area contributed by atoms with Gasteiger partial charge in [0.05, 0.1) is 35.2 Å². The molecule has 0 aliphatic heterocycles. The summed E-state index contributed by atoms with van der Waals surface area (Å²) in [4.78, 5) is 18.0. The van der Waals surface area contributed by atoms with Crippen molar-refractivity contribution in [2.75, 3.05) is 23.0 Å². The Morgan fingerprint density at radius 2 is 2.10 bits per heavy atom. The van der Waals surface area contributed by atoms with Crippen molar-refractivity contribution in [1.82, 2.24) is 14.8 Å². The lowest BCUT2D eigenvalue weighted by Gasteiger charge is -2.20. The average Bonchev–Trinajstić information content (AvgIpc) is 3.03. The van der Waals surface area contributed by atoms with Crippen molar-refractivity contribution in [3.05, 3.63) is 36.4 Å². The summed E-state index contributed by atoms with van der Waals surface area (Å²) in [7, 11) is -1.71. The number of aryl methyl sites for hydroxylation is 1. The lowest BCUT2D eigenvalue weighted by atomic mass is 10.3. The average molecular weight is 429 g/mol. The van der Waals surface area contributed by atoms with Crippen LogP contribution in [0.25, 0.3) is 5.69 Å². The summed E-state index contributed by atoms with van der Waals surface area (Å²) in [5.41, 5.74) is 1.34. The SMILES string of the molecule is CCN(C(=O)C(=N)CS(=O)CCCC(F)(F)F)c1cn(-c2cccnc2)nc1C. The number of carbonyl (C=O) groups excluding carboxylic acids is 1. The van der Waals surface area contributed by atoms with E-state index in [1.165, 1.54) is 4.90 Å². The van der Waals surface area contributed by atoms with Gasteiger partial charge in [0.2, 0.25) is 0 Å². The van der Waals surface area contributed by atoms with E-state index in [0.717, 1.165) is 0 Å². The molecule has 0 saturated heterocycles. The molecule has 1 atom stereocenters. The zero-order valence-corrected chi connectivity index (χ0v) is 16.9. The summed E-state index contributed by atoms with van der Waals surface area (Å²) in [5.74, 6) is -1.24. The standard InChI is InChI=1S/C18H22F3N5O2S/c1-3-25(16-11-26(24-13(16)2)14-6-4-8-23-10-14)17(27)15(22)12-29(28)9-5-7-18(19,20)21/h4,6,8,10-11,22H,3,5,7,9,12H2,1-2H3. The van der Waals surface area contributed by atoms with Crippen LogP contribution in [0.15, 0.2) is 30.7 Å².